The number of amides is 3. The molecule has 8 saturated heterocycles. The minimum Gasteiger partial charge on any atom is -0.384 e. The molecular weight excluding hydrogens is 1510 g/mol. The van der Waals surface area contributed by atoms with Crippen LogP contribution in [-0.4, -0.2) is 226 Å². The molecule has 34 heteroatoms. The Morgan fingerprint density at radius 2 is 0.824 bits per heavy atom. The molecule has 19 heterocycles. The minimum absolute atomic E-state index is 0.0254. The number of pyridine rings is 3. The second-order valence-corrected chi connectivity index (χ2v) is 30.7. The lowest BCUT2D eigenvalue weighted by Gasteiger charge is -2.52. The number of piperazine rings is 2. The third-order valence-electron chi connectivity index (χ3n) is 23.4. The topological polar surface area (TPSA) is 439 Å². The maximum absolute atomic E-state index is 13.2. The van der Waals surface area contributed by atoms with E-state index in [1.54, 1.807) is 42.1 Å². The van der Waals surface area contributed by atoms with Gasteiger partial charge in [0.1, 0.15) is 59.0 Å². The van der Waals surface area contributed by atoms with E-state index >= 15 is 0 Å². The highest BCUT2D eigenvalue weighted by Gasteiger charge is 2.48. The van der Waals surface area contributed by atoms with Crippen LogP contribution < -0.4 is 27.0 Å². The molecule has 600 valence electrons. The first-order valence-corrected chi connectivity index (χ1v) is 39.4. The van der Waals surface area contributed by atoms with E-state index < -0.39 is 6.10 Å². The molecule has 0 spiro atoms. The lowest BCUT2D eigenvalue weighted by molar-refractivity contribution is -0.144. The molecule has 8 aliphatic heterocycles. The number of hydrogen-bond acceptors (Lipinski definition) is 26. The van der Waals surface area contributed by atoms with Gasteiger partial charge in [-0.25, -0.2) is 24.9 Å². The zero-order chi connectivity index (χ0) is 82.0. The number of rotatable bonds is 15. The van der Waals surface area contributed by atoms with Crippen molar-refractivity contribution < 1.29 is 38.6 Å². The summed E-state index contributed by atoms with van der Waals surface area (Å²) in [6.45, 7) is 8.73. The maximum Gasteiger partial charge on any atom is 0.291 e. The van der Waals surface area contributed by atoms with E-state index in [0.29, 0.717) is 103 Å². The predicted molar refractivity (Wildman–Crippen MR) is 440 cm³/mol. The number of fused-ring (bicyclic) bond motifs is 11. The Kier molecular flexibility index (Phi) is 20.0. The number of aliphatic hydroxyl groups is 1. The molecule has 119 heavy (non-hydrogen) atoms. The average Bonchev–Trinajstić information content (AvgIpc) is 1.72. The molecule has 0 radical (unpaired) electrons. The summed E-state index contributed by atoms with van der Waals surface area (Å²) >= 11 is 0. The Morgan fingerprint density at radius 1 is 0.437 bits per heavy atom. The highest BCUT2D eigenvalue weighted by Crippen LogP contribution is 2.44. The lowest BCUT2D eigenvalue weighted by Crippen LogP contribution is -2.65. The van der Waals surface area contributed by atoms with Gasteiger partial charge in [0.05, 0.1) is 72.2 Å². The van der Waals surface area contributed by atoms with E-state index in [0.717, 1.165) is 92.8 Å². The van der Waals surface area contributed by atoms with Crippen molar-refractivity contribution in [3.63, 3.8) is 0 Å². The zero-order valence-electron chi connectivity index (χ0n) is 65.3. The molecule has 34 nitrogen and oxygen atoms in total. The molecule has 3 amide bonds. The summed E-state index contributed by atoms with van der Waals surface area (Å²) in [4.78, 5) is 124. The van der Waals surface area contributed by atoms with Gasteiger partial charge in [0.2, 0.25) is 11.6 Å². The summed E-state index contributed by atoms with van der Waals surface area (Å²) in [5, 5.41) is 36.2. The number of H-pyrrole nitrogens is 2. The Morgan fingerprint density at radius 3 is 1.18 bits per heavy atom. The Bertz CT molecular complexity index is 6190. The van der Waals surface area contributed by atoms with E-state index in [1.165, 1.54) is 53.9 Å². The van der Waals surface area contributed by atoms with Crippen molar-refractivity contribution in [3.8, 4) is 67.2 Å². The largest absolute Gasteiger partial charge is 0.384 e. The van der Waals surface area contributed by atoms with E-state index in [1.807, 2.05) is 137 Å². The average molecular weight is 1600 g/mol. The number of nitrogens with one attached hydrogen (secondary N) is 2. The minimum atomic E-state index is -1.04. The van der Waals surface area contributed by atoms with Gasteiger partial charge in [0, 0.05) is 125 Å². The number of carbonyl (C=O) groups is 6. The van der Waals surface area contributed by atoms with Gasteiger partial charge >= 0.3 is 0 Å². The number of aliphatic hydroxyl groups excluding tert-OH is 1. The van der Waals surface area contributed by atoms with E-state index in [-0.39, 0.29) is 106 Å². The van der Waals surface area contributed by atoms with E-state index in [4.69, 9.17) is 36.9 Å². The number of aromatic nitrogens is 18. The van der Waals surface area contributed by atoms with Gasteiger partial charge in [0.15, 0.2) is 34.3 Å². The fourth-order valence-electron chi connectivity index (χ4n) is 17.7. The van der Waals surface area contributed by atoms with Crippen LogP contribution >= 0.6 is 0 Å². The number of nitrogens with zero attached hydrogens (tertiary/aromatic N) is 21. The lowest BCUT2D eigenvalue weighted by atomic mass is 9.81. The maximum atomic E-state index is 13.2. The number of nitrogens with two attached hydrogens (primary N) is 3. The number of benzene rings is 3. The number of ketones is 3. The van der Waals surface area contributed by atoms with Crippen molar-refractivity contribution in [2.24, 2.45) is 0 Å². The van der Waals surface area contributed by atoms with Crippen molar-refractivity contribution in [1.29, 1.82) is 0 Å². The first-order valence-electron chi connectivity index (χ1n) is 39.4. The number of nitrogen functional groups attached to an aromatic ring is 3. The Hall–Kier alpha value is -14.4. The third kappa shape index (κ3) is 14.0. The van der Waals surface area contributed by atoms with Crippen LogP contribution in [0.5, 0.6) is 0 Å². The summed E-state index contributed by atoms with van der Waals surface area (Å²) in [6, 6.07) is 41.1. The standard InChI is InChI=1S/C29H27N9O3.C28H26N10O2.C28H29N7O3/c1-16(39)24-25(19-9-20-13-41-14-21(10-19)37(20)29(40)27-32-15-33-36-27)35-28-22(12-34-38(28)26(24)30)18-7-8-23(31-11-18)17-5-3-2-4-6-17;1-16(39)23-24(29)38-26(21(12-33-38)18-7-10-22(30-11-18)17-5-3-2-4-6-17)34-27(23)36-13-20-9-8-19(36)14-37(20)28(40)25-31-15-32-35-25;1-16(36)24-25(29)35-26(22(13-31-35)19-8-11-23(30-12-19)18-6-4-3-5-7-18)32-27(24)33-14-21-10-9-20(33)15-34(21)28(38)17(2)37/h2-8,11-12,15,19-21H,9-10,13-14,30H2,1H3,(H,32,33,36);2-7,10-12,15,19-20H,8-9,13-14,29H2,1H3,(H,31,32,35);3-8,11-13,17,20-21,37H,9-10,14-15,29H2,1-2H3/t;;17-,20?,21?/m..1/s1. The molecule has 0 aliphatic carbocycles. The molecule has 9 N–H and O–H groups in total. The predicted octanol–water partition coefficient (Wildman–Crippen LogP) is 8.81. The third-order valence-corrected chi connectivity index (χ3v) is 23.4. The van der Waals surface area contributed by atoms with E-state index in [9.17, 15) is 33.9 Å². The van der Waals surface area contributed by atoms with Crippen LogP contribution in [0.1, 0.15) is 130 Å². The summed E-state index contributed by atoms with van der Waals surface area (Å²) in [7, 11) is 0. The van der Waals surface area contributed by atoms with Crippen molar-refractivity contribution in [3.05, 3.63) is 211 Å². The van der Waals surface area contributed by atoms with Gasteiger partial charge in [-0.3, -0.25) is 53.9 Å². The van der Waals surface area contributed by atoms with Crippen LogP contribution in [0.4, 0.5) is 29.1 Å². The molecule has 6 unspecified atom stereocenters. The molecule has 8 aliphatic rings. The molecule has 22 rings (SSSR count). The number of anilines is 5. The number of hydrogen-bond donors (Lipinski definition) is 6. The number of aromatic amines is 2. The quantitative estimate of drug-likeness (QED) is 0.0522. The monoisotopic (exact) mass is 1590 g/mol. The SMILES string of the molecule is CC(=O)c1c(C2CC3COCC(C2)N3C(=O)c2ncn[nH]2)nc2c(-c3ccc(-c4ccccc4)nc3)cnn2c1N.CC(=O)c1c(N2CC3CCC2CN3C(=O)[C@@H](C)O)nc2c(-c3ccc(-c4ccccc4)nc3)cnn2c1N.CC(=O)c1c(N2CC3CCC2CN3C(=O)c2ncn[nH]2)nc2c(-c3ccc(-c4ccccc4)nc3)cnn2c1N. The second-order valence-electron chi connectivity index (χ2n) is 30.7. The van der Waals surface area contributed by atoms with Crippen molar-refractivity contribution in [2.45, 2.75) is 114 Å². The Labute approximate surface area is 679 Å². The normalized spacial score (nSPS) is 19.5. The molecule has 7 atom stereocenters. The highest BCUT2D eigenvalue weighted by atomic mass is 16.5. The summed E-state index contributed by atoms with van der Waals surface area (Å²) in [5.41, 5.74) is 33.4. The van der Waals surface area contributed by atoms with Crippen LogP contribution in [0, 0.1) is 0 Å². The zero-order valence-corrected chi connectivity index (χ0v) is 65.3. The number of ether oxygens (including phenoxy) is 1. The van der Waals surface area contributed by atoms with Gasteiger partial charge in [-0.2, -0.15) is 39.0 Å². The van der Waals surface area contributed by atoms with Gasteiger partial charge in [-0.15, -0.1) is 0 Å². The van der Waals surface area contributed by atoms with Gasteiger partial charge < -0.3 is 51.5 Å². The molecule has 3 aromatic carbocycles. The van der Waals surface area contributed by atoms with Gasteiger partial charge in [-0.1, -0.05) is 109 Å². The molecular formula is C85H82N26O8. The fourth-order valence-corrected chi connectivity index (χ4v) is 17.7. The van der Waals surface area contributed by atoms with E-state index in [2.05, 4.69) is 70.4 Å². The number of morpholine rings is 1. The Balaban J connectivity index is 0.000000123. The second kappa shape index (κ2) is 31.3. The van der Waals surface area contributed by atoms with Crippen LogP contribution in [-0.2, 0) is 9.53 Å². The first-order chi connectivity index (χ1) is 57.8. The van der Waals surface area contributed by atoms with Crippen molar-refractivity contribution in [1.82, 2.24) is 104 Å². The smallest absolute Gasteiger partial charge is 0.291 e. The number of carbonyl (C=O) groups excluding carboxylic acids is 6. The van der Waals surface area contributed by atoms with Crippen LogP contribution in [0.3, 0.4) is 0 Å². The van der Waals surface area contributed by atoms with Crippen LogP contribution in [0.2, 0.25) is 0 Å². The summed E-state index contributed by atoms with van der Waals surface area (Å²) in [6.07, 6.45) is 16.6. The van der Waals surface area contributed by atoms with Gasteiger partial charge in [-0.05, 0) is 84.4 Å². The van der Waals surface area contributed by atoms with Gasteiger partial charge in [0.25, 0.3) is 17.7 Å². The molecule has 14 aromatic rings. The fraction of sp³-hybridized carbons (Fsp3) is 0.282. The number of Topliss-reactive ketones (excluding diaryl/α,β-unsaturated/α-hetero) is 3. The summed E-state index contributed by atoms with van der Waals surface area (Å²) < 4.78 is 10.4. The van der Waals surface area contributed by atoms with Crippen LogP contribution in [0.15, 0.2) is 177 Å². The highest BCUT2D eigenvalue weighted by molar-refractivity contribution is 6.06. The molecule has 6 bridgehead atoms. The number of piperidine rings is 5. The summed E-state index contributed by atoms with van der Waals surface area (Å²) in [5.74, 6) is 0.848. The van der Waals surface area contributed by atoms with Crippen molar-refractivity contribution in [2.75, 3.05) is 66.4 Å². The first kappa shape index (κ1) is 75.9. The molecule has 0 saturated carbocycles. The van der Waals surface area contributed by atoms with Crippen LogP contribution in [0.25, 0.3) is 84.1 Å². The molecule has 8 fully saturated rings. The van der Waals surface area contributed by atoms with Crippen molar-refractivity contribution >= 4 is 81.1 Å². The molecule has 11 aromatic heterocycles.